The van der Waals surface area contributed by atoms with Crippen LogP contribution in [0, 0.1) is 18.3 Å². The molecule has 0 saturated heterocycles. The van der Waals surface area contributed by atoms with Crippen molar-refractivity contribution in [3.8, 4) is 6.07 Å². The van der Waals surface area contributed by atoms with Gasteiger partial charge in [-0.25, -0.2) is 9.78 Å². The van der Waals surface area contributed by atoms with Crippen molar-refractivity contribution >= 4 is 12.0 Å². The first-order valence-electron chi connectivity index (χ1n) is 3.91. The Morgan fingerprint density at radius 3 is 3.00 bits per heavy atom. The van der Waals surface area contributed by atoms with Gasteiger partial charge in [-0.05, 0) is 24.6 Å². The molecule has 0 spiro atoms. The van der Waals surface area contributed by atoms with Crippen LogP contribution in [0.3, 0.4) is 0 Å². The first kappa shape index (κ1) is 9.93. The van der Waals surface area contributed by atoms with Gasteiger partial charge in [0.2, 0.25) is 0 Å². The number of aromatic carboxylic acids is 1. The smallest absolute Gasteiger partial charge is 0.355 e. The largest absolute Gasteiger partial charge is 0.476 e. The number of aromatic nitrogens is 1. The van der Waals surface area contributed by atoms with E-state index in [-0.39, 0.29) is 5.69 Å². The highest BCUT2D eigenvalue weighted by Crippen LogP contribution is 2.10. The van der Waals surface area contributed by atoms with Crippen molar-refractivity contribution in [1.29, 1.82) is 5.26 Å². The Labute approximate surface area is 81.1 Å². The summed E-state index contributed by atoms with van der Waals surface area (Å²) in [5.41, 5.74) is 1.26. The molecule has 1 N–H and O–H groups in total. The van der Waals surface area contributed by atoms with Gasteiger partial charge in [0.15, 0.2) is 5.69 Å². The number of carboxylic acid groups (broad SMARTS) is 1. The quantitative estimate of drug-likeness (QED) is 0.715. The predicted octanol–water partition coefficient (Wildman–Crippen LogP) is 1.62. The Kier molecular flexibility index (Phi) is 2.97. The Balaban J connectivity index is 3.24. The molecule has 0 bridgehead atoms. The normalized spacial score (nSPS) is 10.0. The molecule has 4 heteroatoms. The lowest BCUT2D eigenvalue weighted by molar-refractivity contribution is 0.0690. The highest BCUT2D eigenvalue weighted by atomic mass is 16.4. The zero-order valence-electron chi connectivity index (χ0n) is 7.56. The topological polar surface area (TPSA) is 74.0 Å². The van der Waals surface area contributed by atoms with Crippen molar-refractivity contribution in [3.05, 3.63) is 35.2 Å². The number of aryl methyl sites for hydroxylation is 1. The first-order valence-corrected chi connectivity index (χ1v) is 3.91. The molecule has 0 saturated carbocycles. The molecule has 4 nitrogen and oxygen atoms in total. The second kappa shape index (κ2) is 4.19. The van der Waals surface area contributed by atoms with E-state index in [9.17, 15) is 4.79 Å². The number of pyridine rings is 1. The van der Waals surface area contributed by atoms with Gasteiger partial charge in [0, 0.05) is 17.8 Å². The van der Waals surface area contributed by atoms with E-state index in [2.05, 4.69) is 4.98 Å². The van der Waals surface area contributed by atoms with Crippen LogP contribution in [0.1, 0.15) is 21.6 Å². The monoisotopic (exact) mass is 188 g/mol. The van der Waals surface area contributed by atoms with Crippen LogP contribution in [0.15, 0.2) is 18.3 Å². The Morgan fingerprint density at radius 2 is 2.43 bits per heavy atom. The van der Waals surface area contributed by atoms with Gasteiger partial charge >= 0.3 is 5.97 Å². The van der Waals surface area contributed by atoms with Crippen LogP contribution in [0.2, 0.25) is 0 Å². The fourth-order valence-electron chi connectivity index (χ4n) is 1.02. The molecule has 70 valence electrons. The number of hydrogen-bond donors (Lipinski definition) is 1. The van der Waals surface area contributed by atoms with Gasteiger partial charge in [-0.3, -0.25) is 0 Å². The molecule has 0 unspecified atom stereocenters. The highest BCUT2D eigenvalue weighted by Gasteiger charge is 2.09. The van der Waals surface area contributed by atoms with E-state index in [1.165, 1.54) is 18.3 Å². The third-order valence-corrected chi connectivity index (χ3v) is 1.59. The Morgan fingerprint density at radius 1 is 1.71 bits per heavy atom. The fraction of sp³-hybridized carbons (Fsp3) is 0.100. The summed E-state index contributed by atoms with van der Waals surface area (Å²) >= 11 is 0. The SMILES string of the molecule is Cc1cnc(C(=O)O)c(C=CC#N)c1. The van der Waals surface area contributed by atoms with Crippen molar-refractivity contribution < 1.29 is 9.90 Å². The van der Waals surface area contributed by atoms with E-state index < -0.39 is 5.97 Å². The van der Waals surface area contributed by atoms with Crippen molar-refractivity contribution in [2.75, 3.05) is 0 Å². The molecule has 0 aliphatic carbocycles. The maximum atomic E-state index is 10.7. The summed E-state index contributed by atoms with van der Waals surface area (Å²) in [6.07, 6.45) is 4.14. The molecular weight excluding hydrogens is 180 g/mol. The Hall–Kier alpha value is -2.15. The third-order valence-electron chi connectivity index (χ3n) is 1.59. The van der Waals surface area contributed by atoms with Gasteiger partial charge < -0.3 is 5.11 Å². The molecule has 1 aromatic rings. The lowest BCUT2D eigenvalue weighted by Crippen LogP contribution is -2.03. The van der Waals surface area contributed by atoms with Crippen LogP contribution in [0.25, 0.3) is 6.08 Å². The number of carboxylic acids is 1. The van der Waals surface area contributed by atoms with E-state index in [1.54, 1.807) is 12.1 Å². The molecule has 0 aliphatic rings. The van der Waals surface area contributed by atoms with E-state index in [4.69, 9.17) is 10.4 Å². The summed E-state index contributed by atoms with van der Waals surface area (Å²) < 4.78 is 0. The van der Waals surface area contributed by atoms with Gasteiger partial charge in [-0.15, -0.1) is 0 Å². The average molecular weight is 188 g/mol. The fourth-order valence-corrected chi connectivity index (χ4v) is 1.02. The van der Waals surface area contributed by atoms with Gasteiger partial charge in [0.1, 0.15) is 0 Å². The molecule has 14 heavy (non-hydrogen) atoms. The summed E-state index contributed by atoms with van der Waals surface area (Å²) in [5.74, 6) is -1.09. The number of hydrogen-bond acceptors (Lipinski definition) is 3. The predicted molar refractivity (Wildman–Crippen MR) is 50.6 cm³/mol. The van der Waals surface area contributed by atoms with E-state index in [1.807, 2.05) is 6.92 Å². The van der Waals surface area contributed by atoms with Crippen molar-refractivity contribution in [2.45, 2.75) is 6.92 Å². The van der Waals surface area contributed by atoms with Gasteiger partial charge in [0.05, 0.1) is 6.07 Å². The minimum absolute atomic E-state index is 0.0397. The molecule has 0 radical (unpaired) electrons. The van der Waals surface area contributed by atoms with Gasteiger partial charge in [0.25, 0.3) is 0 Å². The van der Waals surface area contributed by atoms with Crippen molar-refractivity contribution in [3.63, 3.8) is 0 Å². The van der Waals surface area contributed by atoms with Crippen LogP contribution in [-0.4, -0.2) is 16.1 Å². The molecule has 0 fully saturated rings. The summed E-state index contributed by atoms with van der Waals surface area (Å²) in [4.78, 5) is 14.5. The molecule has 0 atom stereocenters. The lowest BCUT2D eigenvalue weighted by atomic mass is 10.1. The molecule has 0 aliphatic heterocycles. The van der Waals surface area contributed by atoms with Crippen LogP contribution in [0.5, 0.6) is 0 Å². The number of rotatable bonds is 2. The molecule has 0 aromatic carbocycles. The molecular formula is C10H8N2O2. The summed E-state index contributed by atoms with van der Waals surface area (Å²) in [5, 5.41) is 17.1. The minimum Gasteiger partial charge on any atom is -0.476 e. The summed E-state index contributed by atoms with van der Waals surface area (Å²) in [7, 11) is 0. The Bertz CT molecular complexity index is 430. The van der Waals surface area contributed by atoms with Crippen molar-refractivity contribution in [1.82, 2.24) is 4.98 Å². The van der Waals surface area contributed by atoms with Crippen LogP contribution < -0.4 is 0 Å². The van der Waals surface area contributed by atoms with Crippen LogP contribution in [-0.2, 0) is 0 Å². The number of allylic oxidation sites excluding steroid dienone is 1. The summed E-state index contributed by atoms with van der Waals surface area (Å²) in [6.45, 7) is 1.81. The standard InChI is InChI=1S/C10H8N2O2/c1-7-5-8(3-2-4-11)9(10(13)14)12-6-7/h2-3,5-6H,1H3,(H,13,14). The average Bonchev–Trinajstić information content (AvgIpc) is 2.14. The zero-order valence-corrected chi connectivity index (χ0v) is 7.56. The lowest BCUT2D eigenvalue weighted by Gasteiger charge is -2.00. The second-order valence-corrected chi connectivity index (χ2v) is 2.72. The van der Waals surface area contributed by atoms with Crippen LogP contribution >= 0.6 is 0 Å². The maximum Gasteiger partial charge on any atom is 0.355 e. The number of nitriles is 1. The second-order valence-electron chi connectivity index (χ2n) is 2.72. The maximum absolute atomic E-state index is 10.7. The molecule has 1 rings (SSSR count). The highest BCUT2D eigenvalue weighted by molar-refractivity contribution is 5.90. The number of nitrogens with zero attached hydrogens (tertiary/aromatic N) is 2. The minimum atomic E-state index is -1.09. The zero-order chi connectivity index (χ0) is 10.6. The van der Waals surface area contributed by atoms with E-state index in [0.717, 1.165) is 5.56 Å². The molecule has 1 aromatic heterocycles. The number of carbonyl (C=O) groups is 1. The van der Waals surface area contributed by atoms with Gasteiger partial charge in [-0.1, -0.05) is 0 Å². The first-order chi connectivity index (χ1) is 6.65. The molecule has 1 heterocycles. The molecule has 0 amide bonds. The van der Waals surface area contributed by atoms with Gasteiger partial charge in [-0.2, -0.15) is 5.26 Å². The van der Waals surface area contributed by atoms with E-state index >= 15 is 0 Å². The third kappa shape index (κ3) is 2.17. The van der Waals surface area contributed by atoms with E-state index in [0.29, 0.717) is 5.56 Å². The summed E-state index contributed by atoms with van der Waals surface area (Å²) in [6, 6.07) is 3.47. The van der Waals surface area contributed by atoms with Crippen molar-refractivity contribution in [2.24, 2.45) is 0 Å². The van der Waals surface area contributed by atoms with Crippen LogP contribution in [0.4, 0.5) is 0 Å².